The molecule has 0 atom stereocenters. The van der Waals surface area contributed by atoms with E-state index < -0.39 is 0 Å². The Morgan fingerprint density at radius 1 is 1.31 bits per heavy atom. The number of thiophene rings is 1. The number of nitrogens with one attached hydrogen (secondary N) is 3. The van der Waals surface area contributed by atoms with Crippen molar-refractivity contribution < 1.29 is 9.32 Å². The molecule has 0 saturated carbocycles. The molecule has 0 radical (unpaired) electrons. The van der Waals surface area contributed by atoms with E-state index in [2.05, 4.69) is 39.9 Å². The van der Waals surface area contributed by atoms with Gasteiger partial charge in [-0.3, -0.25) is 9.79 Å². The molecule has 0 aliphatic rings. The summed E-state index contributed by atoms with van der Waals surface area (Å²) in [6.45, 7) is 5.99. The molecule has 2 rings (SSSR count). The summed E-state index contributed by atoms with van der Waals surface area (Å²) in [6, 6.07) is 5.64. The van der Waals surface area contributed by atoms with Crippen LogP contribution in [-0.2, 0) is 6.54 Å². The van der Waals surface area contributed by atoms with Crippen LogP contribution >= 0.6 is 35.3 Å². The molecule has 0 aliphatic heterocycles. The molecule has 26 heavy (non-hydrogen) atoms. The van der Waals surface area contributed by atoms with Gasteiger partial charge in [-0.05, 0) is 23.8 Å². The maximum Gasteiger partial charge on any atom is 0.261 e. The molecular formula is C17H26IN5O2S. The topological polar surface area (TPSA) is 91.5 Å². The second-order valence-corrected chi connectivity index (χ2v) is 6.76. The molecule has 0 spiro atoms. The molecule has 2 aromatic heterocycles. The molecule has 0 aliphatic carbocycles. The number of halogens is 1. The third kappa shape index (κ3) is 7.32. The van der Waals surface area contributed by atoms with Crippen LogP contribution in [0.5, 0.6) is 0 Å². The van der Waals surface area contributed by atoms with Crippen LogP contribution in [0, 0.1) is 0 Å². The Morgan fingerprint density at radius 2 is 2.08 bits per heavy atom. The van der Waals surface area contributed by atoms with E-state index >= 15 is 0 Å². The highest BCUT2D eigenvalue weighted by Gasteiger charge is 2.08. The molecule has 0 saturated heterocycles. The fraction of sp³-hybridized carbons (Fsp3) is 0.471. The lowest BCUT2D eigenvalue weighted by molar-refractivity contribution is 0.0957. The minimum Gasteiger partial charge on any atom is -0.359 e. The van der Waals surface area contributed by atoms with Gasteiger partial charge in [0.2, 0.25) is 0 Å². The van der Waals surface area contributed by atoms with Crippen molar-refractivity contribution in [3.63, 3.8) is 0 Å². The minimum atomic E-state index is -0.0243. The lowest BCUT2D eigenvalue weighted by atomic mass is 10.1. The number of carbonyl (C=O) groups is 1. The largest absolute Gasteiger partial charge is 0.359 e. The van der Waals surface area contributed by atoms with Crippen LogP contribution in [0.3, 0.4) is 0 Å². The molecule has 2 heterocycles. The van der Waals surface area contributed by atoms with Crippen molar-refractivity contribution in [3.05, 3.63) is 39.9 Å². The molecular weight excluding hydrogens is 465 g/mol. The van der Waals surface area contributed by atoms with Crippen molar-refractivity contribution in [1.82, 2.24) is 21.1 Å². The lowest BCUT2D eigenvalue weighted by Gasteiger charge is -2.10. The maximum absolute atomic E-state index is 11.8. The van der Waals surface area contributed by atoms with Crippen LogP contribution in [0.15, 0.2) is 33.1 Å². The van der Waals surface area contributed by atoms with Gasteiger partial charge in [-0.2, -0.15) is 0 Å². The number of guanidine groups is 1. The first kappa shape index (κ1) is 22.4. The fourth-order valence-electron chi connectivity index (χ4n) is 2.07. The molecule has 0 unspecified atom stereocenters. The number of nitrogens with zero attached hydrogens (tertiary/aromatic N) is 2. The molecule has 0 fully saturated rings. The Hall–Kier alpha value is -1.62. The Kier molecular flexibility index (Phi) is 10.3. The smallest absolute Gasteiger partial charge is 0.261 e. The van der Waals surface area contributed by atoms with E-state index in [1.165, 1.54) is 11.3 Å². The zero-order chi connectivity index (χ0) is 18.1. The molecule has 7 nitrogen and oxygen atoms in total. The van der Waals surface area contributed by atoms with Crippen LogP contribution in [0.4, 0.5) is 0 Å². The van der Waals surface area contributed by atoms with Crippen molar-refractivity contribution in [1.29, 1.82) is 0 Å². The molecule has 1 amide bonds. The van der Waals surface area contributed by atoms with Gasteiger partial charge >= 0.3 is 0 Å². The van der Waals surface area contributed by atoms with Crippen molar-refractivity contribution in [2.45, 2.75) is 32.7 Å². The Balaban J connectivity index is 0.00000338. The normalized spacial score (nSPS) is 11.2. The summed E-state index contributed by atoms with van der Waals surface area (Å²) in [7, 11) is 1.72. The first-order valence-corrected chi connectivity index (χ1v) is 9.20. The summed E-state index contributed by atoms with van der Waals surface area (Å²) >= 11 is 1.44. The molecule has 3 N–H and O–H groups in total. The average molecular weight is 491 g/mol. The Bertz CT molecular complexity index is 685. The Labute approximate surface area is 175 Å². The number of carbonyl (C=O) groups excluding carboxylic acids is 1. The van der Waals surface area contributed by atoms with E-state index in [0.717, 1.165) is 22.8 Å². The molecule has 9 heteroatoms. The SMILES string of the molecule is CN=C(NCCCNC(=O)c1cccs1)NCc1cc(C(C)C)no1.I. The number of aliphatic imine (C=N–C) groups is 1. The number of amides is 1. The number of rotatable bonds is 8. The number of hydrogen-bond acceptors (Lipinski definition) is 5. The molecule has 2 aromatic rings. The predicted molar refractivity (Wildman–Crippen MR) is 115 cm³/mol. The first-order chi connectivity index (χ1) is 12.1. The van der Waals surface area contributed by atoms with E-state index in [9.17, 15) is 4.79 Å². The summed E-state index contributed by atoms with van der Waals surface area (Å²) in [5.74, 6) is 1.78. The van der Waals surface area contributed by atoms with E-state index in [0.29, 0.717) is 31.5 Å². The van der Waals surface area contributed by atoms with Crippen molar-refractivity contribution >= 4 is 47.2 Å². The summed E-state index contributed by atoms with van der Waals surface area (Å²) in [6.07, 6.45) is 0.803. The highest BCUT2D eigenvalue weighted by molar-refractivity contribution is 14.0. The molecule has 0 aromatic carbocycles. The third-order valence-corrected chi connectivity index (χ3v) is 4.37. The monoisotopic (exact) mass is 491 g/mol. The van der Waals surface area contributed by atoms with Gasteiger partial charge in [-0.1, -0.05) is 25.1 Å². The van der Waals surface area contributed by atoms with Crippen LogP contribution in [0.25, 0.3) is 0 Å². The van der Waals surface area contributed by atoms with E-state index in [1.54, 1.807) is 7.05 Å². The van der Waals surface area contributed by atoms with Crippen LogP contribution in [0.2, 0.25) is 0 Å². The summed E-state index contributed by atoms with van der Waals surface area (Å²) in [5, 5.41) is 15.2. The van der Waals surface area contributed by atoms with Crippen molar-refractivity contribution in [2.75, 3.05) is 20.1 Å². The highest BCUT2D eigenvalue weighted by atomic mass is 127. The second kappa shape index (κ2) is 11.9. The summed E-state index contributed by atoms with van der Waals surface area (Å²) in [5.41, 5.74) is 0.946. The molecule has 144 valence electrons. The summed E-state index contributed by atoms with van der Waals surface area (Å²) < 4.78 is 5.28. The first-order valence-electron chi connectivity index (χ1n) is 8.32. The van der Waals surface area contributed by atoms with Gasteiger partial charge < -0.3 is 20.5 Å². The van der Waals surface area contributed by atoms with E-state index in [-0.39, 0.29) is 29.9 Å². The molecule has 0 bridgehead atoms. The quantitative estimate of drug-likeness (QED) is 0.229. The lowest BCUT2D eigenvalue weighted by Crippen LogP contribution is -2.38. The van der Waals surface area contributed by atoms with Gasteiger partial charge in [0.15, 0.2) is 11.7 Å². The van der Waals surface area contributed by atoms with Gasteiger partial charge in [-0.15, -0.1) is 35.3 Å². The maximum atomic E-state index is 11.8. The average Bonchev–Trinajstić information content (AvgIpc) is 3.28. The van der Waals surface area contributed by atoms with Gasteiger partial charge in [0.05, 0.1) is 17.1 Å². The van der Waals surface area contributed by atoms with E-state index in [4.69, 9.17) is 4.52 Å². The second-order valence-electron chi connectivity index (χ2n) is 5.81. The van der Waals surface area contributed by atoms with Gasteiger partial charge in [0, 0.05) is 26.2 Å². The van der Waals surface area contributed by atoms with Gasteiger partial charge in [0.1, 0.15) is 0 Å². The van der Waals surface area contributed by atoms with Crippen molar-refractivity contribution in [2.24, 2.45) is 4.99 Å². The Morgan fingerprint density at radius 3 is 2.69 bits per heavy atom. The third-order valence-electron chi connectivity index (χ3n) is 3.50. The van der Waals surface area contributed by atoms with Crippen molar-refractivity contribution in [3.8, 4) is 0 Å². The fourth-order valence-corrected chi connectivity index (χ4v) is 2.71. The predicted octanol–water partition coefficient (Wildman–Crippen LogP) is 2.96. The minimum absolute atomic E-state index is 0. The highest BCUT2D eigenvalue weighted by Crippen LogP contribution is 2.13. The van der Waals surface area contributed by atoms with Crippen LogP contribution < -0.4 is 16.0 Å². The van der Waals surface area contributed by atoms with Gasteiger partial charge in [-0.25, -0.2) is 0 Å². The van der Waals surface area contributed by atoms with Crippen LogP contribution in [-0.4, -0.2) is 37.2 Å². The zero-order valence-electron chi connectivity index (χ0n) is 15.2. The number of hydrogen-bond donors (Lipinski definition) is 3. The standard InChI is InChI=1S/C17H25N5O2S.HI/c1-12(2)14-10-13(24-22-14)11-21-17(18-3)20-8-5-7-19-16(23)15-6-4-9-25-15;/h4,6,9-10,12H,5,7-8,11H2,1-3H3,(H,19,23)(H2,18,20,21);1H. The zero-order valence-corrected chi connectivity index (χ0v) is 18.4. The number of aromatic nitrogens is 1. The van der Waals surface area contributed by atoms with Crippen LogP contribution in [0.1, 0.15) is 47.3 Å². The summed E-state index contributed by atoms with van der Waals surface area (Å²) in [4.78, 5) is 16.7. The van der Waals surface area contributed by atoms with Gasteiger partial charge in [0.25, 0.3) is 5.91 Å². The van der Waals surface area contributed by atoms with E-state index in [1.807, 2.05) is 23.6 Å².